The van der Waals surface area contributed by atoms with Gasteiger partial charge in [-0.15, -0.1) is 0 Å². The van der Waals surface area contributed by atoms with E-state index in [2.05, 4.69) is 5.32 Å². The quantitative estimate of drug-likeness (QED) is 0.735. The van der Waals surface area contributed by atoms with Crippen molar-refractivity contribution in [2.45, 2.75) is 51.8 Å². The molecule has 0 aromatic carbocycles. The molecule has 6 nitrogen and oxygen atoms in total. The normalized spacial score (nSPS) is 30.3. The van der Waals surface area contributed by atoms with Gasteiger partial charge in [-0.3, -0.25) is 14.4 Å². The lowest BCUT2D eigenvalue weighted by molar-refractivity contribution is -0.148. The van der Waals surface area contributed by atoms with E-state index in [1.54, 1.807) is 4.90 Å². The molecule has 0 aliphatic carbocycles. The van der Waals surface area contributed by atoms with Crippen molar-refractivity contribution < 1.29 is 19.1 Å². The number of ether oxygens (including phenoxy) is 1. The van der Waals surface area contributed by atoms with Gasteiger partial charge in [0.05, 0.1) is 6.54 Å². The number of carbonyl (C=O) groups is 3. The SMILES string of the molecule is CC(=O)O[C@@H]1C[C@@H]2C(=O)N[C@@H](CC(C)C)C(=O)N2C1. The number of hydrogen-bond donors (Lipinski definition) is 1. The molecule has 2 aliphatic rings. The van der Waals surface area contributed by atoms with E-state index in [1.807, 2.05) is 13.8 Å². The highest BCUT2D eigenvalue weighted by molar-refractivity contribution is 5.97. The topological polar surface area (TPSA) is 75.7 Å². The van der Waals surface area contributed by atoms with Gasteiger partial charge < -0.3 is 15.0 Å². The summed E-state index contributed by atoms with van der Waals surface area (Å²) in [4.78, 5) is 36.8. The van der Waals surface area contributed by atoms with Crippen LogP contribution in [-0.2, 0) is 19.1 Å². The van der Waals surface area contributed by atoms with Gasteiger partial charge in [0.2, 0.25) is 11.8 Å². The average molecular weight is 268 g/mol. The van der Waals surface area contributed by atoms with E-state index < -0.39 is 12.1 Å². The minimum atomic E-state index is -0.486. The standard InChI is InChI=1S/C13H20N2O4/c1-7(2)4-10-13(18)15-6-9(19-8(3)16)5-11(15)12(17)14-10/h7,9-11H,4-6H2,1-3H3,(H,14,17)/t9-,10+,11-/m1/s1. The van der Waals surface area contributed by atoms with Gasteiger partial charge in [0.25, 0.3) is 0 Å². The Hall–Kier alpha value is -1.59. The molecule has 0 radical (unpaired) electrons. The lowest BCUT2D eigenvalue weighted by Crippen LogP contribution is -2.61. The van der Waals surface area contributed by atoms with Gasteiger partial charge in [-0.2, -0.15) is 0 Å². The zero-order valence-electron chi connectivity index (χ0n) is 11.5. The number of nitrogens with zero attached hydrogens (tertiary/aromatic N) is 1. The van der Waals surface area contributed by atoms with Gasteiger partial charge in [0.1, 0.15) is 18.2 Å². The van der Waals surface area contributed by atoms with Crippen molar-refractivity contribution in [2.75, 3.05) is 6.54 Å². The maximum Gasteiger partial charge on any atom is 0.302 e. The van der Waals surface area contributed by atoms with E-state index in [-0.39, 0.29) is 23.9 Å². The Morgan fingerprint density at radius 1 is 1.47 bits per heavy atom. The summed E-state index contributed by atoms with van der Waals surface area (Å²) in [5.41, 5.74) is 0. The lowest BCUT2D eigenvalue weighted by atomic mass is 9.99. The van der Waals surface area contributed by atoms with E-state index in [0.717, 1.165) is 0 Å². The van der Waals surface area contributed by atoms with E-state index in [1.165, 1.54) is 6.92 Å². The van der Waals surface area contributed by atoms with Crippen LogP contribution in [0.2, 0.25) is 0 Å². The third kappa shape index (κ3) is 2.88. The van der Waals surface area contributed by atoms with Gasteiger partial charge in [0, 0.05) is 13.3 Å². The lowest BCUT2D eigenvalue weighted by Gasteiger charge is -2.34. The van der Waals surface area contributed by atoms with E-state index >= 15 is 0 Å². The Balaban J connectivity index is 2.07. The van der Waals surface area contributed by atoms with Gasteiger partial charge in [-0.25, -0.2) is 0 Å². The van der Waals surface area contributed by atoms with Crippen molar-refractivity contribution in [2.24, 2.45) is 5.92 Å². The first-order valence-electron chi connectivity index (χ1n) is 6.66. The molecule has 6 heteroatoms. The molecule has 0 aromatic heterocycles. The second-order valence-corrected chi connectivity index (χ2v) is 5.66. The first-order valence-corrected chi connectivity index (χ1v) is 6.66. The fraction of sp³-hybridized carbons (Fsp3) is 0.769. The van der Waals surface area contributed by atoms with Crippen molar-refractivity contribution in [1.29, 1.82) is 0 Å². The molecule has 3 atom stereocenters. The van der Waals surface area contributed by atoms with Crippen LogP contribution in [0.15, 0.2) is 0 Å². The second-order valence-electron chi connectivity index (χ2n) is 5.66. The molecular weight excluding hydrogens is 248 g/mol. The number of carbonyl (C=O) groups excluding carboxylic acids is 3. The van der Waals surface area contributed by atoms with E-state index in [4.69, 9.17) is 4.74 Å². The average Bonchev–Trinajstić information content (AvgIpc) is 2.68. The zero-order valence-corrected chi connectivity index (χ0v) is 11.5. The van der Waals surface area contributed by atoms with E-state index in [0.29, 0.717) is 25.3 Å². The summed E-state index contributed by atoms with van der Waals surface area (Å²) in [5.74, 6) is -0.248. The summed E-state index contributed by atoms with van der Waals surface area (Å²) in [7, 11) is 0. The van der Waals surface area contributed by atoms with Gasteiger partial charge in [-0.1, -0.05) is 13.8 Å². The molecule has 2 fully saturated rings. The van der Waals surface area contributed by atoms with Crippen molar-refractivity contribution in [3.05, 3.63) is 0 Å². The zero-order chi connectivity index (χ0) is 14.2. The smallest absolute Gasteiger partial charge is 0.302 e. The summed E-state index contributed by atoms with van der Waals surface area (Å²) >= 11 is 0. The Kier molecular flexibility index (Phi) is 3.78. The van der Waals surface area contributed by atoms with Gasteiger partial charge in [0.15, 0.2) is 0 Å². The van der Waals surface area contributed by atoms with Gasteiger partial charge in [-0.05, 0) is 12.3 Å². The molecule has 19 heavy (non-hydrogen) atoms. The Morgan fingerprint density at radius 2 is 2.16 bits per heavy atom. The third-order valence-electron chi connectivity index (χ3n) is 3.50. The highest BCUT2D eigenvalue weighted by atomic mass is 16.5. The van der Waals surface area contributed by atoms with E-state index in [9.17, 15) is 14.4 Å². The predicted octanol–water partition coefficient (Wildman–Crippen LogP) is 0.0635. The number of rotatable bonds is 3. The number of hydrogen-bond acceptors (Lipinski definition) is 4. The number of piperazine rings is 1. The molecule has 2 aliphatic heterocycles. The van der Waals surface area contributed by atoms with Crippen LogP contribution in [0.3, 0.4) is 0 Å². The summed E-state index contributed by atoms with van der Waals surface area (Å²) < 4.78 is 5.10. The third-order valence-corrected chi connectivity index (χ3v) is 3.50. The molecule has 0 bridgehead atoms. The summed E-state index contributed by atoms with van der Waals surface area (Å²) in [6, 6.07) is -0.930. The molecule has 2 heterocycles. The molecular formula is C13H20N2O4. The van der Waals surface area contributed by atoms with Crippen LogP contribution in [0.4, 0.5) is 0 Å². The first-order chi connectivity index (χ1) is 8.88. The second kappa shape index (κ2) is 5.19. The highest BCUT2D eigenvalue weighted by Crippen LogP contribution is 2.26. The van der Waals surface area contributed by atoms with Crippen molar-refractivity contribution in [3.63, 3.8) is 0 Å². The fourth-order valence-corrected chi connectivity index (χ4v) is 2.77. The maximum atomic E-state index is 12.3. The number of amides is 2. The van der Waals surface area contributed by atoms with Crippen LogP contribution >= 0.6 is 0 Å². The number of fused-ring (bicyclic) bond motifs is 1. The highest BCUT2D eigenvalue weighted by Gasteiger charge is 2.47. The largest absolute Gasteiger partial charge is 0.461 e. The summed E-state index contributed by atoms with van der Waals surface area (Å²) in [5, 5.41) is 2.77. The molecule has 2 amide bonds. The van der Waals surface area contributed by atoms with Crippen LogP contribution < -0.4 is 5.32 Å². The first kappa shape index (κ1) is 13.8. The molecule has 2 rings (SSSR count). The van der Waals surface area contributed by atoms with Crippen LogP contribution in [0.25, 0.3) is 0 Å². The maximum absolute atomic E-state index is 12.3. The van der Waals surface area contributed by atoms with Crippen molar-refractivity contribution in [1.82, 2.24) is 10.2 Å². The Bertz CT molecular complexity index is 407. The predicted molar refractivity (Wildman–Crippen MR) is 67.1 cm³/mol. The molecule has 0 saturated carbocycles. The Labute approximate surface area is 112 Å². The summed E-state index contributed by atoms with van der Waals surface area (Å²) in [6.45, 7) is 5.68. The van der Waals surface area contributed by atoms with Crippen LogP contribution in [0.1, 0.15) is 33.6 Å². The Morgan fingerprint density at radius 3 is 2.74 bits per heavy atom. The summed E-state index contributed by atoms with van der Waals surface area (Å²) in [6.07, 6.45) is 0.660. The number of nitrogens with one attached hydrogen (secondary N) is 1. The minimum Gasteiger partial charge on any atom is -0.461 e. The molecule has 1 N–H and O–H groups in total. The fourth-order valence-electron chi connectivity index (χ4n) is 2.77. The van der Waals surface area contributed by atoms with Crippen LogP contribution in [0, 0.1) is 5.92 Å². The molecule has 0 aromatic rings. The van der Waals surface area contributed by atoms with Gasteiger partial charge >= 0.3 is 5.97 Å². The van der Waals surface area contributed by atoms with Crippen molar-refractivity contribution >= 4 is 17.8 Å². The molecule has 0 unspecified atom stereocenters. The monoisotopic (exact) mass is 268 g/mol. The molecule has 0 spiro atoms. The van der Waals surface area contributed by atoms with Crippen LogP contribution in [0.5, 0.6) is 0 Å². The van der Waals surface area contributed by atoms with Crippen molar-refractivity contribution in [3.8, 4) is 0 Å². The van der Waals surface area contributed by atoms with Crippen LogP contribution in [-0.4, -0.2) is 47.4 Å². The molecule has 106 valence electrons. The molecule has 2 saturated heterocycles. The minimum absolute atomic E-state index is 0.0621. The number of esters is 1.